The summed E-state index contributed by atoms with van der Waals surface area (Å²) in [5.41, 5.74) is 4.26. The molecule has 0 saturated heterocycles. The number of benzene rings is 1. The van der Waals surface area contributed by atoms with E-state index in [0.29, 0.717) is 0 Å². The number of aromatic nitrogens is 4. The normalized spacial score (nSPS) is 12.5. The smallest absolute Gasteiger partial charge is 0.138 e. The Morgan fingerprint density at radius 2 is 2.18 bits per heavy atom. The molecule has 0 radical (unpaired) electrons. The van der Waals surface area contributed by atoms with E-state index in [-0.39, 0.29) is 6.04 Å². The zero-order valence-corrected chi connectivity index (χ0v) is 12.9. The SMILES string of the molecule is Cc1noc(C)c1CNC(C)c1cccc(-n2cncn2)c1. The minimum absolute atomic E-state index is 0.206. The van der Waals surface area contributed by atoms with Crippen molar-refractivity contribution in [3.05, 3.63) is 59.5 Å². The molecule has 0 fully saturated rings. The molecule has 3 aromatic rings. The topological polar surface area (TPSA) is 68.8 Å². The molecule has 0 aliphatic rings. The molecule has 1 aromatic carbocycles. The van der Waals surface area contributed by atoms with Crippen LogP contribution in [0.3, 0.4) is 0 Å². The van der Waals surface area contributed by atoms with Crippen LogP contribution < -0.4 is 5.32 Å². The molecule has 1 atom stereocenters. The first-order valence-electron chi connectivity index (χ1n) is 7.25. The number of aryl methyl sites for hydroxylation is 2. The predicted octanol–water partition coefficient (Wildman–Crippen LogP) is 2.72. The Kier molecular flexibility index (Phi) is 4.02. The molecule has 114 valence electrons. The van der Waals surface area contributed by atoms with Crippen molar-refractivity contribution in [1.29, 1.82) is 0 Å². The summed E-state index contributed by atoms with van der Waals surface area (Å²) in [5, 5.41) is 11.7. The molecule has 1 unspecified atom stereocenters. The van der Waals surface area contributed by atoms with Crippen LogP contribution in [0.25, 0.3) is 5.69 Å². The zero-order valence-electron chi connectivity index (χ0n) is 12.9. The fraction of sp³-hybridized carbons (Fsp3) is 0.312. The van der Waals surface area contributed by atoms with E-state index in [0.717, 1.165) is 29.2 Å². The van der Waals surface area contributed by atoms with Gasteiger partial charge in [0, 0.05) is 18.2 Å². The summed E-state index contributed by atoms with van der Waals surface area (Å²) in [6, 6.07) is 8.46. The number of hydrogen-bond acceptors (Lipinski definition) is 5. The summed E-state index contributed by atoms with van der Waals surface area (Å²) >= 11 is 0. The van der Waals surface area contributed by atoms with Gasteiger partial charge in [0.25, 0.3) is 0 Å². The van der Waals surface area contributed by atoms with Crippen molar-refractivity contribution < 1.29 is 4.52 Å². The molecule has 2 aromatic heterocycles. The summed E-state index contributed by atoms with van der Waals surface area (Å²) < 4.78 is 6.95. The van der Waals surface area contributed by atoms with Crippen LogP contribution in [0, 0.1) is 13.8 Å². The van der Waals surface area contributed by atoms with Gasteiger partial charge in [0.05, 0.1) is 11.4 Å². The third kappa shape index (κ3) is 2.92. The first-order valence-corrected chi connectivity index (χ1v) is 7.25. The molecular formula is C16H19N5O. The average Bonchev–Trinajstić information content (AvgIpc) is 3.16. The van der Waals surface area contributed by atoms with Gasteiger partial charge in [0.15, 0.2) is 0 Å². The fourth-order valence-electron chi connectivity index (χ4n) is 2.41. The molecule has 6 nitrogen and oxygen atoms in total. The Labute approximate surface area is 129 Å². The summed E-state index contributed by atoms with van der Waals surface area (Å²) in [7, 11) is 0. The highest BCUT2D eigenvalue weighted by atomic mass is 16.5. The molecule has 0 spiro atoms. The number of nitrogens with one attached hydrogen (secondary N) is 1. The van der Waals surface area contributed by atoms with Gasteiger partial charge in [0.1, 0.15) is 18.4 Å². The molecule has 0 saturated carbocycles. The van der Waals surface area contributed by atoms with Gasteiger partial charge in [0.2, 0.25) is 0 Å². The van der Waals surface area contributed by atoms with Gasteiger partial charge in [-0.3, -0.25) is 0 Å². The van der Waals surface area contributed by atoms with Crippen molar-refractivity contribution in [1.82, 2.24) is 25.2 Å². The lowest BCUT2D eigenvalue weighted by molar-refractivity contribution is 0.391. The van der Waals surface area contributed by atoms with Gasteiger partial charge >= 0.3 is 0 Å². The Hall–Kier alpha value is -2.47. The second-order valence-electron chi connectivity index (χ2n) is 5.34. The third-order valence-electron chi connectivity index (χ3n) is 3.82. The van der Waals surface area contributed by atoms with Gasteiger partial charge in [-0.2, -0.15) is 5.10 Å². The Bertz CT molecular complexity index is 728. The quantitative estimate of drug-likeness (QED) is 0.784. The molecular weight excluding hydrogens is 278 g/mol. The van der Waals surface area contributed by atoms with Crippen molar-refractivity contribution in [2.45, 2.75) is 33.4 Å². The molecule has 6 heteroatoms. The van der Waals surface area contributed by atoms with Crippen LogP contribution in [-0.4, -0.2) is 19.9 Å². The summed E-state index contributed by atoms with van der Waals surface area (Å²) in [6.45, 7) is 6.77. The highest BCUT2D eigenvalue weighted by Crippen LogP contribution is 2.18. The van der Waals surface area contributed by atoms with Crippen LogP contribution in [0.2, 0.25) is 0 Å². The van der Waals surface area contributed by atoms with E-state index < -0.39 is 0 Å². The van der Waals surface area contributed by atoms with Crippen molar-refractivity contribution >= 4 is 0 Å². The van der Waals surface area contributed by atoms with E-state index >= 15 is 0 Å². The van der Waals surface area contributed by atoms with E-state index in [9.17, 15) is 0 Å². The monoisotopic (exact) mass is 297 g/mol. The lowest BCUT2D eigenvalue weighted by Gasteiger charge is -2.15. The minimum atomic E-state index is 0.206. The van der Waals surface area contributed by atoms with E-state index in [1.54, 1.807) is 11.0 Å². The largest absolute Gasteiger partial charge is 0.361 e. The number of nitrogens with zero attached hydrogens (tertiary/aromatic N) is 4. The van der Waals surface area contributed by atoms with Gasteiger partial charge in [-0.05, 0) is 38.5 Å². The standard InChI is InChI=1S/C16H19N5O/c1-11(18-8-16-12(2)20-22-13(16)3)14-5-4-6-15(7-14)21-10-17-9-19-21/h4-7,9-11,18H,8H2,1-3H3. The second-order valence-corrected chi connectivity index (χ2v) is 5.34. The molecule has 0 bridgehead atoms. The van der Waals surface area contributed by atoms with Crippen LogP contribution in [0.1, 0.15) is 35.5 Å². The van der Waals surface area contributed by atoms with Gasteiger partial charge < -0.3 is 9.84 Å². The summed E-state index contributed by atoms with van der Waals surface area (Å²) in [6.07, 6.45) is 3.23. The van der Waals surface area contributed by atoms with E-state index in [2.05, 4.69) is 39.6 Å². The Morgan fingerprint density at radius 1 is 1.32 bits per heavy atom. The molecule has 2 heterocycles. The van der Waals surface area contributed by atoms with Crippen LogP contribution in [0.15, 0.2) is 41.4 Å². The Balaban J connectivity index is 1.73. The zero-order chi connectivity index (χ0) is 15.5. The summed E-state index contributed by atoms with van der Waals surface area (Å²) in [4.78, 5) is 3.98. The van der Waals surface area contributed by atoms with Crippen molar-refractivity contribution in [2.24, 2.45) is 0 Å². The van der Waals surface area contributed by atoms with Crippen LogP contribution in [-0.2, 0) is 6.54 Å². The van der Waals surface area contributed by atoms with Gasteiger partial charge in [-0.15, -0.1) is 0 Å². The fourth-order valence-corrected chi connectivity index (χ4v) is 2.41. The van der Waals surface area contributed by atoms with Crippen molar-refractivity contribution in [3.8, 4) is 5.69 Å². The molecule has 3 rings (SSSR count). The van der Waals surface area contributed by atoms with Gasteiger partial charge in [-0.1, -0.05) is 17.3 Å². The molecule has 1 N–H and O–H groups in total. The second kappa shape index (κ2) is 6.11. The predicted molar refractivity (Wildman–Crippen MR) is 82.6 cm³/mol. The number of rotatable bonds is 5. The molecule has 0 amide bonds. The maximum Gasteiger partial charge on any atom is 0.138 e. The van der Waals surface area contributed by atoms with Crippen LogP contribution >= 0.6 is 0 Å². The molecule has 22 heavy (non-hydrogen) atoms. The van der Waals surface area contributed by atoms with E-state index in [1.165, 1.54) is 11.9 Å². The van der Waals surface area contributed by atoms with Crippen molar-refractivity contribution in [2.75, 3.05) is 0 Å². The van der Waals surface area contributed by atoms with Crippen molar-refractivity contribution in [3.63, 3.8) is 0 Å². The lowest BCUT2D eigenvalue weighted by Crippen LogP contribution is -2.19. The minimum Gasteiger partial charge on any atom is -0.361 e. The van der Waals surface area contributed by atoms with Crippen LogP contribution in [0.5, 0.6) is 0 Å². The van der Waals surface area contributed by atoms with Gasteiger partial charge in [-0.25, -0.2) is 9.67 Å². The number of hydrogen-bond donors (Lipinski definition) is 1. The van der Waals surface area contributed by atoms with Crippen LogP contribution in [0.4, 0.5) is 0 Å². The third-order valence-corrected chi connectivity index (χ3v) is 3.82. The molecule has 0 aliphatic carbocycles. The van der Waals surface area contributed by atoms with E-state index in [4.69, 9.17) is 4.52 Å². The molecule has 0 aliphatic heterocycles. The van der Waals surface area contributed by atoms with E-state index in [1.807, 2.05) is 26.0 Å². The average molecular weight is 297 g/mol. The first-order chi connectivity index (χ1) is 10.6. The maximum atomic E-state index is 5.19. The highest BCUT2D eigenvalue weighted by Gasteiger charge is 2.11. The first kappa shape index (κ1) is 14.5. The Morgan fingerprint density at radius 3 is 2.86 bits per heavy atom. The highest BCUT2D eigenvalue weighted by molar-refractivity contribution is 5.36. The maximum absolute atomic E-state index is 5.19. The lowest BCUT2D eigenvalue weighted by atomic mass is 10.1. The summed E-state index contributed by atoms with van der Waals surface area (Å²) in [5.74, 6) is 0.869.